The van der Waals surface area contributed by atoms with Gasteiger partial charge in [-0.25, -0.2) is 5.01 Å². The van der Waals surface area contributed by atoms with Crippen LogP contribution in [0.25, 0.3) is 6.08 Å². The molecule has 0 bridgehead atoms. The zero-order valence-electron chi connectivity index (χ0n) is 10.9. The average molecular weight is 276 g/mol. The van der Waals surface area contributed by atoms with E-state index < -0.39 is 4.92 Å². The van der Waals surface area contributed by atoms with Crippen molar-refractivity contribution < 1.29 is 9.72 Å². The van der Waals surface area contributed by atoms with Crippen LogP contribution in [0.1, 0.15) is 5.56 Å². The van der Waals surface area contributed by atoms with Gasteiger partial charge in [0, 0.05) is 44.4 Å². The van der Waals surface area contributed by atoms with Crippen LogP contribution in [-0.4, -0.2) is 46.9 Å². The van der Waals surface area contributed by atoms with E-state index in [0.717, 1.165) is 5.56 Å². The summed E-state index contributed by atoms with van der Waals surface area (Å²) in [7, 11) is 0. The third kappa shape index (κ3) is 3.62. The number of non-ortho nitro benzene ring substituents is 1. The molecule has 1 aromatic carbocycles. The fraction of sp³-hybridized carbons (Fsp3) is 0.308. The second-order valence-corrected chi connectivity index (χ2v) is 4.54. The number of hydrogen-bond acceptors (Lipinski definition) is 5. The Morgan fingerprint density at radius 2 is 1.80 bits per heavy atom. The number of rotatable bonds is 3. The highest BCUT2D eigenvalue weighted by Crippen LogP contribution is 2.13. The van der Waals surface area contributed by atoms with Crippen LogP contribution >= 0.6 is 0 Å². The number of nitro benzene ring substituents is 1. The standard InChI is InChI=1S/C13H16N4O3/c14-16-9-7-15(8-10-16)13(18)6-3-11-1-4-12(5-2-11)17(19)20/h1-6H,7-10,14H2/b6-3+. The first-order valence-electron chi connectivity index (χ1n) is 6.27. The highest BCUT2D eigenvalue weighted by Gasteiger charge is 2.17. The molecule has 0 unspecified atom stereocenters. The lowest BCUT2D eigenvalue weighted by Crippen LogP contribution is -2.50. The van der Waals surface area contributed by atoms with Gasteiger partial charge in [0.2, 0.25) is 5.91 Å². The average Bonchev–Trinajstić information content (AvgIpc) is 2.46. The fourth-order valence-electron chi connectivity index (χ4n) is 1.92. The van der Waals surface area contributed by atoms with Crippen LogP contribution in [0.3, 0.4) is 0 Å². The van der Waals surface area contributed by atoms with E-state index in [9.17, 15) is 14.9 Å². The molecule has 2 N–H and O–H groups in total. The number of nitrogens with two attached hydrogens (primary N) is 1. The second kappa shape index (κ2) is 6.27. The minimum absolute atomic E-state index is 0.0348. The molecule has 106 valence electrons. The van der Waals surface area contributed by atoms with Crippen molar-refractivity contribution in [3.8, 4) is 0 Å². The Kier molecular flexibility index (Phi) is 4.44. The smallest absolute Gasteiger partial charge is 0.269 e. The van der Waals surface area contributed by atoms with Crippen molar-refractivity contribution in [3.63, 3.8) is 0 Å². The Labute approximate surface area is 116 Å². The van der Waals surface area contributed by atoms with E-state index in [1.54, 1.807) is 28.1 Å². The summed E-state index contributed by atoms with van der Waals surface area (Å²) in [6.07, 6.45) is 3.13. The molecule has 0 radical (unpaired) electrons. The SMILES string of the molecule is NN1CCN(C(=O)/C=C/c2ccc([N+](=O)[O-])cc2)CC1. The van der Waals surface area contributed by atoms with Crippen molar-refractivity contribution in [1.29, 1.82) is 0 Å². The summed E-state index contributed by atoms with van der Waals surface area (Å²) in [5.41, 5.74) is 0.786. The molecule has 1 fully saturated rings. The van der Waals surface area contributed by atoms with Gasteiger partial charge in [0.15, 0.2) is 0 Å². The third-order valence-corrected chi connectivity index (χ3v) is 3.15. The molecule has 2 rings (SSSR count). The normalized spacial score (nSPS) is 16.6. The maximum Gasteiger partial charge on any atom is 0.269 e. The first-order chi connectivity index (χ1) is 9.56. The predicted octanol–water partition coefficient (Wildman–Crippen LogP) is 0.626. The Bertz CT molecular complexity index is 519. The minimum Gasteiger partial charge on any atom is -0.336 e. The van der Waals surface area contributed by atoms with E-state index in [1.807, 2.05) is 0 Å². The Balaban J connectivity index is 1.95. The molecule has 1 aliphatic heterocycles. The summed E-state index contributed by atoms with van der Waals surface area (Å²) in [5, 5.41) is 12.2. The predicted molar refractivity (Wildman–Crippen MR) is 74.5 cm³/mol. The largest absolute Gasteiger partial charge is 0.336 e. The molecule has 0 saturated carbocycles. The lowest BCUT2D eigenvalue weighted by Gasteiger charge is -2.31. The molecule has 1 amide bonds. The van der Waals surface area contributed by atoms with E-state index in [1.165, 1.54) is 18.2 Å². The second-order valence-electron chi connectivity index (χ2n) is 4.54. The quantitative estimate of drug-likeness (QED) is 0.378. The van der Waals surface area contributed by atoms with Crippen LogP contribution in [-0.2, 0) is 4.79 Å². The van der Waals surface area contributed by atoms with Crippen molar-refractivity contribution in [2.24, 2.45) is 5.84 Å². The molecule has 0 spiro atoms. The van der Waals surface area contributed by atoms with Gasteiger partial charge in [0.05, 0.1) is 4.92 Å². The molecular weight excluding hydrogens is 260 g/mol. The van der Waals surface area contributed by atoms with Crippen molar-refractivity contribution in [1.82, 2.24) is 9.91 Å². The zero-order valence-corrected chi connectivity index (χ0v) is 10.9. The van der Waals surface area contributed by atoms with Crippen LogP contribution in [0.5, 0.6) is 0 Å². The maximum absolute atomic E-state index is 11.9. The van der Waals surface area contributed by atoms with Gasteiger partial charge in [0.25, 0.3) is 5.69 Å². The van der Waals surface area contributed by atoms with Gasteiger partial charge >= 0.3 is 0 Å². The molecule has 0 aromatic heterocycles. The molecule has 7 heteroatoms. The van der Waals surface area contributed by atoms with E-state index in [0.29, 0.717) is 26.2 Å². The molecule has 20 heavy (non-hydrogen) atoms. The van der Waals surface area contributed by atoms with Gasteiger partial charge in [-0.05, 0) is 23.8 Å². The van der Waals surface area contributed by atoms with Crippen LogP contribution in [0.2, 0.25) is 0 Å². The molecule has 0 atom stereocenters. The molecule has 1 aromatic rings. The summed E-state index contributed by atoms with van der Waals surface area (Å²) >= 11 is 0. The summed E-state index contributed by atoms with van der Waals surface area (Å²) in [6, 6.07) is 6.05. The number of piperazine rings is 1. The van der Waals surface area contributed by atoms with Crippen LogP contribution in [0.15, 0.2) is 30.3 Å². The Morgan fingerprint density at radius 3 is 2.35 bits per heavy atom. The topological polar surface area (TPSA) is 92.7 Å². The monoisotopic (exact) mass is 276 g/mol. The lowest BCUT2D eigenvalue weighted by molar-refractivity contribution is -0.384. The van der Waals surface area contributed by atoms with Gasteiger partial charge in [-0.3, -0.25) is 20.8 Å². The van der Waals surface area contributed by atoms with Crippen molar-refractivity contribution >= 4 is 17.7 Å². The number of hydrazine groups is 1. The first-order valence-corrected chi connectivity index (χ1v) is 6.27. The van der Waals surface area contributed by atoms with Crippen molar-refractivity contribution in [2.45, 2.75) is 0 Å². The minimum atomic E-state index is -0.453. The van der Waals surface area contributed by atoms with Gasteiger partial charge in [-0.15, -0.1) is 0 Å². The number of hydrogen-bond donors (Lipinski definition) is 1. The molecular formula is C13H16N4O3. The lowest BCUT2D eigenvalue weighted by atomic mass is 10.2. The van der Waals surface area contributed by atoms with Gasteiger partial charge < -0.3 is 4.90 Å². The summed E-state index contributed by atoms with van der Waals surface area (Å²) < 4.78 is 0. The van der Waals surface area contributed by atoms with E-state index in [4.69, 9.17) is 5.84 Å². The van der Waals surface area contributed by atoms with Gasteiger partial charge in [-0.2, -0.15) is 0 Å². The number of carbonyl (C=O) groups is 1. The third-order valence-electron chi connectivity index (χ3n) is 3.15. The number of nitro groups is 1. The highest BCUT2D eigenvalue weighted by atomic mass is 16.6. The van der Waals surface area contributed by atoms with Crippen LogP contribution in [0.4, 0.5) is 5.69 Å². The Morgan fingerprint density at radius 1 is 1.20 bits per heavy atom. The van der Waals surface area contributed by atoms with E-state index >= 15 is 0 Å². The molecule has 7 nitrogen and oxygen atoms in total. The van der Waals surface area contributed by atoms with E-state index in [-0.39, 0.29) is 11.6 Å². The van der Waals surface area contributed by atoms with Crippen molar-refractivity contribution in [2.75, 3.05) is 26.2 Å². The molecule has 0 aliphatic carbocycles. The Hall–Kier alpha value is -2.25. The van der Waals surface area contributed by atoms with Crippen LogP contribution in [0, 0.1) is 10.1 Å². The summed E-state index contributed by atoms with van der Waals surface area (Å²) in [6.45, 7) is 2.55. The van der Waals surface area contributed by atoms with E-state index in [2.05, 4.69) is 0 Å². The maximum atomic E-state index is 11.9. The fourth-order valence-corrected chi connectivity index (χ4v) is 1.92. The molecule has 1 aliphatic rings. The van der Waals surface area contributed by atoms with Gasteiger partial charge in [-0.1, -0.05) is 0 Å². The first kappa shape index (κ1) is 14.2. The van der Waals surface area contributed by atoms with Crippen molar-refractivity contribution in [3.05, 3.63) is 46.0 Å². The number of benzene rings is 1. The molecule has 1 heterocycles. The summed E-state index contributed by atoms with van der Waals surface area (Å²) in [4.78, 5) is 23.7. The number of amides is 1. The number of nitrogens with zero attached hydrogens (tertiary/aromatic N) is 3. The van der Waals surface area contributed by atoms with Gasteiger partial charge in [0.1, 0.15) is 0 Å². The summed E-state index contributed by atoms with van der Waals surface area (Å²) in [5.74, 6) is 5.55. The highest BCUT2D eigenvalue weighted by molar-refractivity contribution is 5.91. The van der Waals surface area contributed by atoms with Crippen LogP contribution < -0.4 is 5.84 Å². The molecule has 1 saturated heterocycles. The number of carbonyl (C=O) groups excluding carboxylic acids is 1. The zero-order chi connectivity index (χ0) is 14.5.